The fourth-order valence-corrected chi connectivity index (χ4v) is 2.83. The summed E-state index contributed by atoms with van der Waals surface area (Å²) >= 11 is 0. The Bertz CT molecular complexity index is 475. The highest BCUT2D eigenvalue weighted by atomic mass is 19.1. The van der Waals surface area contributed by atoms with E-state index in [1.807, 2.05) is 13.8 Å². The number of rotatable bonds is 2. The van der Waals surface area contributed by atoms with E-state index in [2.05, 4.69) is 0 Å². The van der Waals surface area contributed by atoms with Crippen LogP contribution >= 0.6 is 0 Å². The van der Waals surface area contributed by atoms with Crippen LogP contribution in [0, 0.1) is 12.7 Å². The van der Waals surface area contributed by atoms with Crippen LogP contribution in [0.1, 0.15) is 42.1 Å². The van der Waals surface area contributed by atoms with E-state index in [0.717, 1.165) is 24.8 Å². The van der Waals surface area contributed by atoms with Crippen molar-refractivity contribution >= 4 is 5.91 Å². The van der Waals surface area contributed by atoms with Crippen LogP contribution in [0.2, 0.25) is 0 Å². The smallest absolute Gasteiger partial charge is 0.257 e. The van der Waals surface area contributed by atoms with Crippen molar-refractivity contribution in [2.45, 2.75) is 45.2 Å². The number of amides is 1. The monoisotopic (exact) mass is 264 g/mol. The summed E-state index contributed by atoms with van der Waals surface area (Å²) in [5, 5.41) is 0. The molecule has 1 heterocycles. The zero-order valence-corrected chi connectivity index (χ0v) is 11.5. The Kier molecular flexibility index (Phi) is 4.20. The molecule has 104 valence electrons. The third-order valence-corrected chi connectivity index (χ3v) is 3.89. The van der Waals surface area contributed by atoms with Gasteiger partial charge in [0, 0.05) is 18.6 Å². The van der Waals surface area contributed by atoms with Crippen LogP contribution in [-0.2, 0) is 0 Å². The van der Waals surface area contributed by atoms with Gasteiger partial charge in [0.2, 0.25) is 0 Å². The molecule has 2 rings (SSSR count). The molecule has 1 fully saturated rings. The van der Waals surface area contributed by atoms with Crippen LogP contribution in [0.3, 0.4) is 0 Å². The van der Waals surface area contributed by atoms with Crippen molar-refractivity contribution in [2.24, 2.45) is 5.73 Å². The van der Waals surface area contributed by atoms with Crippen LogP contribution in [0.15, 0.2) is 18.2 Å². The molecule has 0 saturated carbocycles. The molecule has 1 aliphatic heterocycles. The Morgan fingerprint density at radius 3 is 2.89 bits per heavy atom. The Labute approximate surface area is 113 Å². The standard InChI is InChI=1S/C15H21FN2O/c1-10-6-7-14(16)13(8-10)15(19)18-11(2)4-3-5-12(18)9-17/h6-8,11-12H,3-5,9,17H2,1-2H3. The van der Waals surface area contributed by atoms with Crippen LogP contribution in [0.25, 0.3) is 0 Å². The first kappa shape index (κ1) is 14.0. The molecule has 1 aromatic carbocycles. The topological polar surface area (TPSA) is 46.3 Å². The fraction of sp³-hybridized carbons (Fsp3) is 0.533. The van der Waals surface area contributed by atoms with E-state index in [0.29, 0.717) is 6.54 Å². The maximum absolute atomic E-state index is 13.9. The summed E-state index contributed by atoms with van der Waals surface area (Å²) in [5.74, 6) is -0.687. The number of carbonyl (C=O) groups is 1. The van der Waals surface area contributed by atoms with Gasteiger partial charge in [0.05, 0.1) is 5.56 Å². The lowest BCUT2D eigenvalue weighted by Crippen LogP contribution is -2.52. The van der Waals surface area contributed by atoms with Gasteiger partial charge in [-0.3, -0.25) is 4.79 Å². The first-order valence-electron chi connectivity index (χ1n) is 6.83. The molecule has 1 saturated heterocycles. The second kappa shape index (κ2) is 5.70. The number of benzene rings is 1. The summed E-state index contributed by atoms with van der Waals surface area (Å²) < 4.78 is 13.9. The summed E-state index contributed by atoms with van der Waals surface area (Å²) in [6.07, 6.45) is 2.93. The van der Waals surface area contributed by atoms with Crippen molar-refractivity contribution in [3.63, 3.8) is 0 Å². The lowest BCUT2D eigenvalue weighted by atomic mass is 9.95. The van der Waals surface area contributed by atoms with Gasteiger partial charge in [-0.15, -0.1) is 0 Å². The van der Waals surface area contributed by atoms with Gasteiger partial charge < -0.3 is 10.6 Å². The quantitative estimate of drug-likeness (QED) is 0.892. The third kappa shape index (κ3) is 2.78. The maximum Gasteiger partial charge on any atom is 0.257 e. The molecular formula is C15H21FN2O. The zero-order valence-electron chi connectivity index (χ0n) is 11.5. The van der Waals surface area contributed by atoms with E-state index < -0.39 is 5.82 Å². The molecule has 4 heteroatoms. The molecule has 3 nitrogen and oxygen atoms in total. The number of nitrogens with zero attached hydrogens (tertiary/aromatic N) is 1. The maximum atomic E-state index is 13.9. The molecule has 0 bridgehead atoms. The van der Waals surface area contributed by atoms with Gasteiger partial charge in [-0.05, 0) is 45.2 Å². The molecule has 19 heavy (non-hydrogen) atoms. The number of aryl methyl sites for hydroxylation is 1. The summed E-state index contributed by atoms with van der Waals surface area (Å²) in [6, 6.07) is 4.79. The van der Waals surface area contributed by atoms with Gasteiger partial charge in [-0.1, -0.05) is 11.6 Å². The highest BCUT2D eigenvalue weighted by Gasteiger charge is 2.32. The Morgan fingerprint density at radius 2 is 2.21 bits per heavy atom. The van der Waals surface area contributed by atoms with Crippen molar-refractivity contribution in [1.82, 2.24) is 4.90 Å². The molecule has 1 aromatic rings. The minimum atomic E-state index is -0.454. The predicted molar refractivity (Wildman–Crippen MR) is 73.5 cm³/mol. The third-order valence-electron chi connectivity index (χ3n) is 3.89. The van der Waals surface area contributed by atoms with E-state index >= 15 is 0 Å². The average molecular weight is 264 g/mol. The number of piperidine rings is 1. The molecule has 0 radical (unpaired) electrons. The molecule has 1 aliphatic rings. The average Bonchev–Trinajstić information content (AvgIpc) is 2.40. The largest absolute Gasteiger partial charge is 0.332 e. The van der Waals surface area contributed by atoms with Gasteiger partial charge in [-0.2, -0.15) is 0 Å². The molecule has 0 aromatic heterocycles. The number of likely N-dealkylation sites (tertiary alicyclic amines) is 1. The van der Waals surface area contributed by atoms with Gasteiger partial charge in [0.25, 0.3) is 5.91 Å². The van der Waals surface area contributed by atoms with E-state index in [9.17, 15) is 9.18 Å². The predicted octanol–water partition coefficient (Wildman–Crippen LogP) is 2.48. The molecule has 1 amide bonds. The lowest BCUT2D eigenvalue weighted by Gasteiger charge is -2.40. The number of nitrogens with two attached hydrogens (primary N) is 1. The first-order chi connectivity index (χ1) is 9.04. The zero-order chi connectivity index (χ0) is 14.0. The molecule has 0 aliphatic carbocycles. The van der Waals surface area contributed by atoms with Crippen molar-refractivity contribution in [1.29, 1.82) is 0 Å². The van der Waals surface area contributed by atoms with Gasteiger partial charge >= 0.3 is 0 Å². The van der Waals surface area contributed by atoms with Gasteiger partial charge in [-0.25, -0.2) is 4.39 Å². The van der Waals surface area contributed by atoms with Crippen molar-refractivity contribution in [3.8, 4) is 0 Å². The van der Waals surface area contributed by atoms with Crippen LogP contribution in [0.5, 0.6) is 0 Å². The highest BCUT2D eigenvalue weighted by Crippen LogP contribution is 2.25. The van der Waals surface area contributed by atoms with Crippen LogP contribution in [-0.4, -0.2) is 29.4 Å². The molecular weight excluding hydrogens is 243 g/mol. The number of hydrogen-bond acceptors (Lipinski definition) is 2. The van der Waals surface area contributed by atoms with Crippen molar-refractivity contribution in [3.05, 3.63) is 35.1 Å². The molecule has 2 N–H and O–H groups in total. The SMILES string of the molecule is Cc1ccc(F)c(C(=O)N2C(C)CCCC2CN)c1. The Morgan fingerprint density at radius 1 is 1.47 bits per heavy atom. The second-order valence-electron chi connectivity index (χ2n) is 5.37. The number of halogens is 1. The minimum absolute atomic E-state index is 0.0242. The van der Waals surface area contributed by atoms with E-state index in [1.165, 1.54) is 6.07 Å². The second-order valence-corrected chi connectivity index (χ2v) is 5.37. The summed E-state index contributed by atoms with van der Waals surface area (Å²) in [7, 11) is 0. The van der Waals surface area contributed by atoms with Crippen LogP contribution < -0.4 is 5.73 Å². The molecule has 0 spiro atoms. The van der Waals surface area contributed by atoms with Crippen molar-refractivity contribution in [2.75, 3.05) is 6.54 Å². The lowest BCUT2D eigenvalue weighted by molar-refractivity contribution is 0.0489. The van der Waals surface area contributed by atoms with Crippen molar-refractivity contribution < 1.29 is 9.18 Å². The summed E-state index contributed by atoms with van der Waals surface area (Å²) in [4.78, 5) is 14.3. The fourth-order valence-electron chi connectivity index (χ4n) is 2.83. The minimum Gasteiger partial charge on any atom is -0.332 e. The molecule has 2 atom stereocenters. The van der Waals surface area contributed by atoms with E-state index in [4.69, 9.17) is 5.73 Å². The molecule has 2 unspecified atom stereocenters. The highest BCUT2D eigenvalue weighted by molar-refractivity contribution is 5.95. The van der Waals surface area contributed by atoms with E-state index in [-0.39, 0.29) is 23.6 Å². The van der Waals surface area contributed by atoms with Gasteiger partial charge in [0.1, 0.15) is 5.82 Å². The number of carbonyl (C=O) groups excluding carboxylic acids is 1. The first-order valence-corrected chi connectivity index (χ1v) is 6.83. The normalized spacial score (nSPS) is 23.5. The Balaban J connectivity index is 2.33. The summed E-state index contributed by atoms with van der Waals surface area (Å²) in [6.45, 7) is 4.30. The van der Waals surface area contributed by atoms with E-state index in [1.54, 1.807) is 17.0 Å². The van der Waals surface area contributed by atoms with Gasteiger partial charge in [0.15, 0.2) is 0 Å². The summed E-state index contributed by atoms with van der Waals surface area (Å²) in [5.41, 5.74) is 6.80. The number of hydrogen-bond donors (Lipinski definition) is 1. The Hall–Kier alpha value is -1.42. The van der Waals surface area contributed by atoms with Crippen LogP contribution in [0.4, 0.5) is 4.39 Å².